The maximum absolute atomic E-state index is 10.9. The molecule has 104 valence electrons. The van der Waals surface area contributed by atoms with E-state index in [1.165, 1.54) is 7.11 Å². The molecular formula is C16H12N2O3. The topological polar surface area (TPSA) is 71.7 Å². The van der Waals surface area contributed by atoms with Crippen LogP contribution in [0, 0.1) is 11.3 Å². The van der Waals surface area contributed by atoms with Crippen molar-refractivity contribution in [2.24, 2.45) is 4.99 Å². The van der Waals surface area contributed by atoms with E-state index in [1.54, 1.807) is 54.7 Å². The van der Waals surface area contributed by atoms with Gasteiger partial charge in [-0.15, -0.1) is 0 Å². The van der Waals surface area contributed by atoms with E-state index in [-0.39, 0.29) is 0 Å². The zero-order valence-corrected chi connectivity index (χ0v) is 11.3. The van der Waals surface area contributed by atoms with Gasteiger partial charge in [0, 0.05) is 6.21 Å². The minimum absolute atomic E-state index is 0.400. The Kier molecular flexibility index (Phi) is 4.67. The van der Waals surface area contributed by atoms with Gasteiger partial charge in [-0.3, -0.25) is 4.99 Å². The Labute approximate surface area is 122 Å². The lowest BCUT2D eigenvalue weighted by atomic mass is 10.2. The normalized spacial score (nSPS) is 10.1. The molecule has 0 unspecified atom stereocenters. The van der Waals surface area contributed by atoms with Crippen molar-refractivity contribution >= 4 is 18.1 Å². The second kappa shape index (κ2) is 6.87. The summed E-state index contributed by atoms with van der Waals surface area (Å²) < 4.78 is 9.27. The fourth-order valence-electron chi connectivity index (χ4n) is 1.53. The van der Waals surface area contributed by atoms with Crippen molar-refractivity contribution in [3.63, 3.8) is 0 Å². The number of nitriles is 1. The Balaban J connectivity index is 2.03. The molecule has 0 atom stereocenters. The van der Waals surface area contributed by atoms with E-state index in [1.807, 2.05) is 0 Å². The van der Waals surface area contributed by atoms with Crippen LogP contribution in [0.5, 0.6) is 5.75 Å². The molecule has 0 aromatic heterocycles. The predicted molar refractivity (Wildman–Crippen MR) is 77.9 cm³/mol. The van der Waals surface area contributed by atoms with E-state index in [2.05, 4.69) is 15.8 Å². The van der Waals surface area contributed by atoms with Gasteiger partial charge in [0.05, 0.1) is 24.4 Å². The SMILES string of the molecule is COC(=O)Oc1ccc(C=Nc2ccc(C#N)cc2)cc1. The first-order valence-electron chi connectivity index (χ1n) is 6.11. The minimum Gasteiger partial charge on any atom is -0.437 e. The molecule has 0 aliphatic rings. The molecule has 2 rings (SSSR count). The Hall–Kier alpha value is -3.13. The van der Waals surface area contributed by atoms with Crippen molar-refractivity contribution in [1.82, 2.24) is 0 Å². The van der Waals surface area contributed by atoms with Gasteiger partial charge in [-0.05, 0) is 54.1 Å². The lowest BCUT2D eigenvalue weighted by molar-refractivity contribution is 0.121. The monoisotopic (exact) mass is 280 g/mol. The molecular weight excluding hydrogens is 268 g/mol. The van der Waals surface area contributed by atoms with Crippen molar-refractivity contribution in [2.45, 2.75) is 0 Å². The highest BCUT2D eigenvalue weighted by Crippen LogP contribution is 2.15. The fourth-order valence-corrected chi connectivity index (χ4v) is 1.53. The van der Waals surface area contributed by atoms with E-state index >= 15 is 0 Å². The smallest absolute Gasteiger partial charge is 0.437 e. The second-order valence-corrected chi connectivity index (χ2v) is 4.04. The first-order valence-corrected chi connectivity index (χ1v) is 6.11. The summed E-state index contributed by atoms with van der Waals surface area (Å²) >= 11 is 0. The number of ether oxygens (including phenoxy) is 2. The summed E-state index contributed by atoms with van der Waals surface area (Å²) in [4.78, 5) is 15.2. The Morgan fingerprint density at radius 3 is 2.38 bits per heavy atom. The zero-order valence-electron chi connectivity index (χ0n) is 11.3. The number of nitrogens with zero attached hydrogens (tertiary/aromatic N) is 2. The number of hydrogen-bond acceptors (Lipinski definition) is 5. The Morgan fingerprint density at radius 2 is 1.81 bits per heavy atom. The maximum atomic E-state index is 10.9. The first kappa shape index (κ1) is 14.3. The Bertz CT molecular complexity index is 683. The third kappa shape index (κ3) is 4.18. The van der Waals surface area contributed by atoms with Gasteiger partial charge in [-0.1, -0.05) is 0 Å². The van der Waals surface area contributed by atoms with Gasteiger partial charge in [0.2, 0.25) is 0 Å². The second-order valence-electron chi connectivity index (χ2n) is 4.04. The molecule has 2 aromatic carbocycles. The molecule has 0 N–H and O–H groups in total. The van der Waals surface area contributed by atoms with Crippen molar-refractivity contribution in [3.8, 4) is 11.8 Å². The van der Waals surface area contributed by atoms with Gasteiger partial charge < -0.3 is 9.47 Å². The van der Waals surface area contributed by atoms with Crippen molar-refractivity contribution in [1.29, 1.82) is 5.26 Å². The van der Waals surface area contributed by atoms with Crippen molar-refractivity contribution in [2.75, 3.05) is 7.11 Å². The molecule has 5 heteroatoms. The summed E-state index contributed by atoms with van der Waals surface area (Å²) in [6.07, 6.45) is 0.928. The van der Waals surface area contributed by atoms with E-state index in [4.69, 9.17) is 10.00 Å². The van der Waals surface area contributed by atoms with Crippen molar-refractivity contribution < 1.29 is 14.3 Å². The molecule has 0 aliphatic heterocycles. The van der Waals surface area contributed by atoms with Crippen LogP contribution in [0.3, 0.4) is 0 Å². The van der Waals surface area contributed by atoms with Crippen LogP contribution in [-0.2, 0) is 4.74 Å². The Morgan fingerprint density at radius 1 is 1.14 bits per heavy atom. The molecule has 0 heterocycles. The van der Waals surface area contributed by atoms with E-state index < -0.39 is 6.16 Å². The molecule has 0 amide bonds. The number of aliphatic imine (C=N–C) groups is 1. The van der Waals surface area contributed by atoms with Crippen LogP contribution in [0.15, 0.2) is 53.5 Å². The van der Waals surface area contributed by atoms with Crippen LogP contribution in [0.25, 0.3) is 0 Å². The summed E-state index contributed by atoms with van der Waals surface area (Å²) in [5, 5.41) is 8.71. The van der Waals surface area contributed by atoms with Gasteiger partial charge in [-0.2, -0.15) is 5.26 Å². The van der Waals surface area contributed by atoms with Crippen LogP contribution in [0.1, 0.15) is 11.1 Å². The van der Waals surface area contributed by atoms with Crippen LogP contribution < -0.4 is 4.74 Å². The highest BCUT2D eigenvalue weighted by atomic mass is 16.7. The zero-order chi connectivity index (χ0) is 15.1. The average molecular weight is 280 g/mol. The van der Waals surface area contributed by atoms with Gasteiger partial charge in [-0.25, -0.2) is 4.79 Å². The third-order valence-electron chi connectivity index (χ3n) is 2.61. The highest BCUT2D eigenvalue weighted by Gasteiger charge is 2.02. The van der Waals surface area contributed by atoms with E-state index in [0.29, 0.717) is 11.3 Å². The summed E-state index contributed by atoms with van der Waals surface area (Å²) in [6.45, 7) is 0. The standard InChI is InChI=1S/C16H12N2O3/c1-20-16(19)21-15-8-4-13(5-9-15)11-18-14-6-2-12(10-17)3-7-14/h2-9,11H,1H3. The summed E-state index contributed by atoms with van der Waals surface area (Å²) in [7, 11) is 1.25. The maximum Gasteiger partial charge on any atom is 0.513 e. The summed E-state index contributed by atoms with van der Waals surface area (Å²) in [5.74, 6) is 0.400. The fraction of sp³-hybridized carbons (Fsp3) is 0.0625. The number of carbonyl (C=O) groups is 1. The van der Waals surface area contributed by atoms with Crippen molar-refractivity contribution in [3.05, 3.63) is 59.7 Å². The number of carbonyl (C=O) groups excluding carboxylic acids is 1. The number of methoxy groups -OCH3 is 1. The first-order chi connectivity index (χ1) is 10.2. The van der Waals surface area contributed by atoms with Gasteiger partial charge in [0.1, 0.15) is 5.75 Å². The number of benzene rings is 2. The van der Waals surface area contributed by atoms with Crippen LogP contribution in [-0.4, -0.2) is 19.5 Å². The third-order valence-corrected chi connectivity index (χ3v) is 2.61. The summed E-state index contributed by atoms with van der Waals surface area (Å²) in [6, 6.07) is 15.8. The van der Waals surface area contributed by atoms with Crippen LogP contribution >= 0.6 is 0 Å². The van der Waals surface area contributed by atoms with Crippen LogP contribution in [0.2, 0.25) is 0 Å². The van der Waals surface area contributed by atoms with Gasteiger partial charge in [0.25, 0.3) is 0 Å². The lowest BCUT2D eigenvalue weighted by Gasteiger charge is -2.02. The molecule has 2 aromatic rings. The quantitative estimate of drug-likeness (QED) is 0.490. The molecule has 0 fully saturated rings. The predicted octanol–water partition coefficient (Wildman–Crippen LogP) is 3.45. The summed E-state index contributed by atoms with van der Waals surface area (Å²) in [5.41, 5.74) is 2.21. The largest absolute Gasteiger partial charge is 0.513 e. The molecule has 0 bridgehead atoms. The number of rotatable bonds is 3. The average Bonchev–Trinajstić information content (AvgIpc) is 2.54. The molecule has 0 saturated carbocycles. The van der Waals surface area contributed by atoms with Crippen LogP contribution in [0.4, 0.5) is 10.5 Å². The molecule has 0 aliphatic carbocycles. The highest BCUT2D eigenvalue weighted by molar-refractivity contribution is 5.82. The van der Waals surface area contributed by atoms with Gasteiger partial charge in [0.15, 0.2) is 0 Å². The molecule has 0 saturated heterocycles. The lowest BCUT2D eigenvalue weighted by Crippen LogP contribution is -2.06. The molecule has 0 radical (unpaired) electrons. The minimum atomic E-state index is -0.756. The van der Waals surface area contributed by atoms with Gasteiger partial charge >= 0.3 is 6.16 Å². The molecule has 5 nitrogen and oxygen atoms in total. The van der Waals surface area contributed by atoms with E-state index in [0.717, 1.165) is 11.3 Å². The molecule has 21 heavy (non-hydrogen) atoms. The number of hydrogen-bond donors (Lipinski definition) is 0. The molecule has 0 spiro atoms. The van der Waals surface area contributed by atoms with E-state index in [9.17, 15) is 4.79 Å².